The molecule has 1 aliphatic rings. The number of nitrogens with zero attached hydrogens (tertiary/aromatic N) is 3. The Balaban J connectivity index is 1.78. The van der Waals surface area contributed by atoms with E-state index < -0.39 is 6.04 Å². The Kier molecular flexibility index (Phi) is 5.17. The Hall–Kier alpha value is -3.03. The zero-order valence-corrected chi connectivity index (χ0v) is 17.1. The molecule has 1 atom stereocenters. The topological polar surface area (TPSA) is 81.1 Å². The van der Waals surface area contributed by atoms with E-state index in [2.05, 4.69) is 20.7 Å². The van der Waals surface area contributed by atoms with Crippen molar-refractivity contribution in [3.63, 3.8) is 0 Å². The van der Waals surface area contributed by atoms with Crippen LogP contribution in [0, 0.1) is 0 Å². The normalized spacial score (nSPS) is 15.5. The monoisotopic (exact) mass is 429 g/mol. The molecule has 0 saturated heterocycles. The molecule has 2 heterocycles. The van der Waals surface area contributed by atoms with Crippen molar-refractivity contribution in [3.8, 4) is 5.75 Å². The van der Waals surface area contributed by atoms with Gasteiger partial charge in [-0.15, -0.1) is 0 Å². The first-order valence-corrected chi connectivity index (χ1v) is 9.51. The number of amides is 1. The Morgan fingerprint density at radius 2 is 2.00 bits per heavy atom. The Morgan fingerprint density at radius 1 is 1.21 bits per heavy atom. The molecule has 0 spiro atoms. The zero-order valence-electron chi connectivity index (χ0n) is 15.6. The van der Waals surface area contributed by atoms with Crippen molar-refractivity contribution in [3.05, 3.63) is 75.7 Å². The molecule has 2 aromatic carbocycles. The van der Waals surface area contributed by atoms with Crippen LogP contribution in [0.4, 0.5) is 11.6 Å². The van der Waals surface area contributed by atoms with E-state index in [0.717, 1.165) is 5.56 Å². The summed E-state index contributed by atoms with van der Waals surface area (Å²) in [6.07, 6.45) is 1.43. The molecule has 2 N–H and O–H groups in total. The van der Waals surface area contributed by atoms with Gasteiger partial charge in [0.15, 0.2) is 0 Å². The van der Waals surface area contributed by atoms with E-state index in [9.17, 15) is 4.79 Å². The number of ether oxygens (including phenoxy) is 1. The van der Waals surface area contributed by atoms with Crippen molar-refractivity contribution in [1.82, 2.24) is 14.8 Å². The second-order valence-corrected chi connectivity index (χ2v) is 7.24. The quantitative estimate of drug-likeness (QED) is 0.636. The predicted molar refractivity (Wildman–Crippen MR) is 113 cm³/mol. The molecule has 3 aromatic rings. The average molecular weight is 430 g/mol. The first-order chi connectivity index (χ1) is 14.0. The summed E-state index contributed by atoms with van der Waals surface area (Å²) >= 11 is 12.3. The van der Waals surface area contributed by atoms with E-state index in [-0.39, 0.29) is 5.91 Å². The molecule has 0 fully saturated rings. The lowest BCUT2D eigenvalue weighted by Gasteiger charge is -2.29. The van der Waals surface area contributed by atoms with Gasteiger partial charge in [-0.2, -0.15) is 10.1 Å². The van der Waals surface area contributed by atoms with Gasteiger partial charge in [0.05, 0.1) is 28.4 Å². The maximum Gasteiger partial charge on any atom is 0.255 e. The van der Waals surface area contributed by atoms with Crippen LogP contribution in [0.15, 0.2) is 60.1 Å². The van der Waals surface area contributed by atoms with Crippen LogP contribution < -0.4 is 15.4 Å². The first kappa shape index (κ1) is 19.3. The Bertz CT molecular complexity index is 1130. The maximum absolute atomic E-state index is 13.3. The van der Waals surface area contributed by atoms with Crippen molar-refractivity contribution in [2.45, 2.75) is 13.0 Å². The van der Waals surface area contributed by atoms with Crippen LogP contribution in [0.3, 0.4) is 0 Å². The highest BCUT2D eigenvalue weighted by Crippen LogP contribution is 2.37. The molecule has 4 rings (SSSR count). The number of carbonyl (C=O) groups excluding carboxylic acids is 1. The molecular formula is C20H17Cl2N5O2. The number of fused-ring (bicyclic) bond motifs is 1. The number of carbonyl (C=O) groups is 1. The second-order valence-electron chi connectivity index (χ2n) is 6.42. The van der Waals surface area contributed by atoms with Crippen molar-refractivity contribution in [1.29, 1.82) is 0 Å². The smallest absolute Gasteiger partial charge is 0.255 e. The van der Waals surface area contributed by atoms with Gasteiger partial charge in [0.25, 0.3) is 5.91 Å². The Labute approximate surface area is 177 Å². The number of hydrogen-bond acceptors (Lipinski definition) is 5. The standard InChI is InChI=1S/C20H17Cl2N5O2/c1-11-17(19(28)26-15-5-3-4-6-16(15)29-2)18(27-20(25-11)23-10-24-27)12-7-8-13(21)14(22)9-12/h3-10,18H,1-2H3,(H,26,28)(H,23,24,25). The van der Waals surface area contributed by atoms with E-state index >= 15 is 0 Å². The van der Waals surface area contributed by atoms with Crippen LogP contribution in [0.1, 0.15) is 18.5 Å². The van der Waals surface area contributed by atoms with E-state index in [1.807, 2.05) is 25.1 Å². The summed E-state index contributed by atoms with van der Waals surface area (Å²) in [7, 11) is 1.55. The SMILES string of the molecule is COc1ccccc1NC(=O)C1=C(C)Nc2ncnn2C1c1ccc(Cl)c(Cl)c1. The minimum atomic E-state index is -0.529. The third-order valence-corrected chi connectivity index (χ3v) is 5.39. The minimum absolute atomic E-state index is 0.295. The largest absolute Gasteiger partial charge is 0.495 e. The molecule has 1 aliphatic heterocycles. The van der Waals surface area contributed by atoms with Crippen molar-refractivity contribution in [2.75, 3.05) is 17.7 Å². The molecule has 29 heavy (non-hydrogen) atoms. The number of para-hydroxylation sites is 2. The lowest BCUT2D eigenvalue weighted by Crippen LogP contribution is -2.31. The summed E-state index contributed by atoms with van der Waals surface area (Å²) in [5.74, 6) is 0.805. The summed E-state index contributed by atoms with van der Waals surface area (Å²) in [6, 6.07) is 11.9. The van der Waals surface area contributed by atoms with E-state index in [4.69, 9.17) is 27.9 Å². The summed E-state index contributed by atoms with van der Waals surface area (Å²) in [5.41, 5.74) is 2.47. The molecular weight excluding hydrogens is 413 g/mol. The highest BCUT2D eigenvalue weighted by atomic mass is 35.5. The van der Waals surface area contributed by atoms with Gasteiger partial charge < -0.3 is 15.4 Å². The summed E-state index contributed by atoms with van der Waals surface area (Å²) in [4.78, 5) is 17.6. The van der Waals surface area contributed by atoms with E-state index in [1.165, 1.54) is 6.33 Å². The third kappa shape index (κ3) is 3.54. The van der Waals surface area contributed by atoms with Gasteiger partial charge in [0.1, 0.15) is 18.1 Å². The van der Waals surface area contributed by atoms with Crippen LogP contribution in [0.5, 0.6) is 5.75 Å². The van der Waals surface area contributed by atoms with Crippen LogP contribution in [0.25, 0.3) is 0 Å². The number of allylic oxidation sites excluding steroid dienone is 1. The lowest BCUT2D eigenvalue weighted by molar-refractivity contribution is -0.113. The van der Waals surface area contributed by atoms with Gasteiger partial charge >= 0.3 is 0 Å². The molecule has 148 valence electrons. The molecule has 9 heteroatoms. The molecule has 0 radical (unpaired) electrons. The van der Waals surface area contributed by atoms with Gasteiger partial charge in [-0.1, -0.05) is 41.4 Å². The van der Waals surface area contributed by atoms with Gasteiger partial charge in [-0.25, -0.2) is 4.68 Å². The third-order valence-electron chi connectivity index (χ3n) is 4.65. The number of methoxy groups -OCH3 is 1. The van der Waals surface area contributed by atoms with E-state index in [1.54, 1.807) is 36.1 Å². The van der Waals surface area contributed by atoms with Crippen molar-refractivity contribution >= 4 is 40.7 Å². The second kappa shape index (κ2) is 7.77. The Morgan fingerprint density at radius 3 is 2.76 bits per heavy atom. The van der Waals surface area contributed by atoms with Crippen LogP contribution in [-0.4, -0.2) is 27.8 Å². The molecule has 1 unspecified atom stereocenters. The maximum atomic E-state index is 13.3. The molecule has 1 aromatic heterocycles. The summed E-state index contributed by atoms with van der Waals surface area (Å²) < 4.78 is 6.98. The fourth-order valence-electron chi connectivity index (χ4n) is 3.31. The van der Waals surface area contributed by atoms with Crippen LogP contribution in [0.2, 0.25) is 10.0 Å². The average Bonchev–Trinajstić information content (AvgIpc) is 3.17. The number of aromatic nitrogens is 3. The fourth-order valence-corrected chi connectivity index (χ4v) is 3.62. The molecule has 0 bridgehead atoms. The van der Waals surface area contributed by atoms with Gasteiger partial charge in [-0.05, 0) is 36.8 Å². The van der Waals surface area contributed by atoms with Crippen molar-refractivity contribution in [2.24, 2.45) is 0 Å². The number of benzene rings is 2. The van der Waals surface area contributed by atoms with Gasteiger partial charge in [0.2, 0.25) is 5.95 Å². The van der Waals surface area contributed by atoms with Crippen LogP contribution >= 0.6 is 23.2 Å². The van der Waals surface area contributed by atoms with Crippen molar-refractivity contribution < 1.29 is 9.53 Å². The first-order valence-electron chi connectivity index (χ1n) is 8.76. The lowest BCUT2D eigenvalue weighted by atomic mass is 9.95. The predicted octanol–water partition coefficient (Wildman–Crippen LogP) is 4.52. The molecule has 0 saturated carbocycles. The number of nitrogens with one attached hydrogen (secondary N) is 2. The highest BCUT2D eigenvalue weighted by Gasteiger charge is 2.34. The zero-order chi connectivity index (χ0) is 20.5. The van der Waals surface area contributed by atoms with E-state index in [0.29, 0.717) is 38.7 Å². The number of anilines is 2. The summed E-state index contributed by atoms with van der Waals surface area (Å²) in [5, 5.41) is 11.2. The molecule has 1 amide bonds. The van der Waals surface area contributed by atoms with Crippen LogP contribution in [-0.2, 0) is 4.79 Å². The fraction of sp³-hybridized carbons (Fsp3) is 0.150. The minimum Gasteiger partial charge on any atom is -0.495 e. The van der Waals surface area contributed by atoms with Gasteiger partial charge in [-0.3, -0.25) is 4.79 Å². The highest BCUT2D eigenvalue weighted by molar-refractivity contribution is 6.42. The number of hydrogen-bond donors (Lipinski definition) is 2. The van der Waals surface area contributed by atoms with Gasteiger partial charge in [0, 0.05) is 5.70 Å². The number of halogens is 2. The molecule has 0 aliphatic carbocycles. The molecule has 7 nitrogen and oxygen atoms in total. The number of rotatable bonds is 4. The summed E-state index contributed by atoms with van der Waals surface area (Å²) in [6.45, 7) is 1.82.